The van der Waals surface area contributed by atoms with Crippen molar-refractivity contribution in [3.63, 3.8) is 0 Å². The van der Waals surface area contributed by atoms with Gasteiger partial charge in [0.05, 0.1) is 8.07 Å². The molecule has 1 aliphatic carbocycles. The van der Waals surface area contributed by atoms with E-state index in [4.69, 9.17) is 0 Å². The zero-order valence-corrected chi connectivity index (χ0v) is 10.9. The van der Waals surface area contributed by atoms with Crippen molar-refractivity contribution in [3.05, 3.63) is 0 Å². The summed E-state index contributed by atoms with van der Waals surface area (Å²) in [5, 5.41) is 9.57. The van der Waals surface area contributed by atoms with Gasteiger partial charge in [0, 0.05) is 0 Å². The van der Waals surface area contributed by atoms with Crippen LogP contribution in [-0.4, -0.2) is 24.7 Å². The van der Waals surface area contributed by atoms with Gasteiger partial charge in [-0.3, -0.25) is 0 Å². The van der Waals surface area contributed by atoms with Gasteiger partial charge in [0.1, 0.15) is 11.5 Å². The Morgan fingerprint density at radius 2 is 1.71 bits per heavy atom. The molecule has 1 N–H and O–H groups in total. The Hall–Kier alpha value is -0.153. The van der Waals surface area contributed by atoms with Gasteiger partial charge >= 0.3 is 0 Å². The average Bonchev–Trinajstić information content (AvgIpc) is 2.82. The Labute approximate surface area is 87.7 Å². The van der Waals surface area contributed by atoms with Crippen LogP contribution in [0.5, 0.6) is 0 Å². The maximum Gasteiger partial charge on any atom is 0.148 e. The molecule has 0 spiro atoms. The zero-order chi connectivity index (χ0) is 11.2. The topological polar surface area (TPSA) is 37.3 Å². The highest BCUT2D eigenvalue weighted by atomic mass is 28.3. The average molecular weight is 214 g/mol. The number of carbonyl (C=O) groups is 1. The van der Waals surface area contributed by atoms with E-state index in [-0.39, 0.29) is 11.0 Å². The summed E-state index contributed by atoms with van der Waals surface area (Å²) in [6, 6.07) is 0. The van der Waals surface area contributed by atoms with Gasteiger partial charge in [-0.25, -0.2) is 0 Å². The minimum atomic E-state index is -1.97. The monoisotopic (exact) mass is 214 g/mol. The number of hydrogen-bond acceptors (Lipinski definition) is 2. The Balaban J connectivity index is 3.04. The molecular weight excluding hydrogens is 192 g/mol. The maximum absolute atomic E-state index is 11.2. The molecule has 0 radical (unpaired) electrons. The van der Waals surface area contributed by atoms with Crippen LogP contribution in [0, 0.1) is 5.92 Å². The zero-order valence-electron chi connectivity index (χ0n) is 9.92. The van der Waals surface area contributed by atoms with Gasteiger partial charge in [-0.15, -0.1) is 0 Å². The van der Waals surface area contributed by atoms with Crippen LogP contribution in [0.25, 0.3) is 0 Å². The lowest BCUT2D eigenvalue weighted by molar-refractivity contribution is -0.119. The molecule has 1 aliphatic rings. The molecule has 0 heterocycles. The smallest absolute Gasteiger partial charge is 0.148 e. The quantitative estimate of drug-likeness (QED) is 0.578. The van der Waals surface area contributed by atoms with Crippen molar-refractivity contribution < 1.29 is 9.90 Å². The standard InChI is InChI=1S/C11H22O2Si/c1-10(2,3)14(4,5)11(13,8-12)9-6-7-9/h8-9,13H,6-7H2,1-5H3/t11-/m1/s1. The fourth-order valence-electron chi connectivity index (χ4n) is 1.88. The van der Waals surface area contributed by atoms with Gasteiger partial charge in [-0.2, -0.15) is 0 Å². The van der Waals surface area contributed by atoms with Crippen molar-refractivity contribution in [2.75, 3.05) is 0 Å². The van der Waals surface area contributed by atoms with E-state index in [1.165, 1.54) is 0 Å². The molecule has 0 aromatic heterocycles. The van der Waals surface area contributed by atoms with Gasteiger partial charge < -0.3 is 9.90 Å². The number of aliphatic hydroxyl groups is 1. The second-order valence-corrected chi connectivity index (χ2v) is 11.6. The van der Waals surface area contributed by atoms with E-state index >= 15 is 0 Å². The van der Waals surface area contributed by atoms with Crippen molar-refractivity contribution >= 4 is 14.4 Å². The molecule has 3 heteroatoms. The summed E-state index contributed by atoms with van der Waals surface area (Å²) in [7, 11) is -1.97. The maximum atomic E-state index is 11.2. The van der Waals surface area contributed by atoms with Crippen molar-refractivity contribution in [1.82, 2.24) is 0 Å². The molecule has 0 aromatic rings. The molecule has 0 saturated heterocycles. The number of carbonyl (C=O) groups excluding carboxylic acids is 1. The number of rotatable bonds is 3. The predicted octanol–water partition coefficient (Wildman–Crippen LogP) is 2.37. The molecule has 0 unspecified atom stereocenters. The summed E-state index contributed by atoms with van der Waals surface area (Å²) in [4.78, 5) is 11.2. The fraction of sp³-hybridized carbons (Fsp3) is 0.909. The molecule has 1 fully saturated rings. The van der Waals surface area contributed by atoms with Gasteiger partial charge in [0.2, 0.25) is 0 Å². The summed E-state index contributed by atoms with van der Waals surface area (Å²) in [5.41, 5.74) is 0. The molecule has 0 amide bonds. The Morgan fingerprint density at radius 3 is 1.93 bits per heavy atom. The Kier molecular flexibility index (Phi) is 2.70. The lowest BCUT2D eigenvalue weighted by Crippen LogP contribution is -2.62. The third-order valence-corrected chi connectivity index (χ3v) is 10.5. The first-order valence-electron chi connectivity index (χ1n) is 5.35. The third kappa shape index (κ3) is 1.56. The van der Waals surface area contributed by atoms with E-state index in [1.54, 1.807) is 0 Å². The molecular formula is C11H22O2Si. The minimum absolute atomic E-state index is 0.0608. The van der Waals surface area contributed by atoms with Crippen LogP contribution in [0.15, 0.2) is 0 Å². The molecule has 1 rings (SSSR count). The summed E-state index contributed by atoms with van der Waals surface area (Å²) in [6.45, 7) is 10.7. The highest BCUT2D eigenvalue weighted by molar-refractivity contribution is 6.85. The van der Waals surface area contributed by atoms with Crippen LogP contribution in [0.2, 0.25) is 18.1 Å². The first-order valence-corrected chi connectivity index (χ1v) is 8.35. The Morgan fingerprint density at radius 1 is 1.29 bits per heavy atom. The molecule has 1 atom stereocenters. The van der Waals surface area contributed by atoms with Crippen LogP contribution in [-0.2, 0) is 4.79 Å². The van der Waals surface area contributed by atoms with E-state index in [9.17, 15) is 9.90 Å². The van der Waals surface area contributed by atoms with Crippen molar-refractivity contribution in [2.45, 2.75) is 57.0 Å². The normalized spacial score (nSPS) is 23.0. The van der Waals surface area contributed by atoms with Crippen LogP contribution in [0.1, 0.15) is 33.6 Å². The van der Waals surface area contributed by atoms with E-state index in [0.717, 1.165) is 19.1 Å². The molecule has 0 aliphatic heterocycles. The lowest BCUT2D eigenvalue weighted by Gasteiger charge is -2.46. The van der Waals surface area contributed by atoms with Crippen molar-refractivity contribution in [3.8, 4) is 0 Å². The largest absolute Gasteiger partial charge is 0.386 e. The SMILES string of the molecule is CC(C)(C)[Si](C)(C)[C@](O)(C=O)C1CC1. The third-order valence-electron chi connectivity index (χ3n) is 4.26. The molecule has 1 saturated carbocycles. The van der Waals surface area contributed by atoms with Crippen LogP contribution in [0.4, 0.5) is 0 Å². The number of aldehydes is 1. The lowest BCUT2D eigenvalue weighted by atomic mass is 10.2. The fourth-order valence-corrected chi connectivity index (χ4v) is 4.68. The predicted molar refractivity (Wildman–Crippen MR) is 60.9 cm³/mol. The van der Waals surface area contributed by atoms with Crippen molar-refractivity contribution in [2.24, 2.45) is 5.92 Å². The van der Waals surface area contributed by atoms with Crippen molar-refractivity contribution in [1.29, 1.82) is 0 Å². The van der Waals surface area contributed by atoms with Crippen LogP contribution < -0.4 is 0 Å². The number of hydrogen-bond donors (Lipinski definition) is 1. The van der Waals surface area contributed by atoms with E-state index in [0.29, 0.717) is 0 Å². The second-order valence-electron chi connectivity index (χ2n) is 6.09. The van der Waals surface area contributed by atoms with E-state index in [1.807, 2.05) is 0 Å². The second kappa shape index (κ2) is 3.17. The molecule has 0 bridgehead atoms. The molecule has 0 aromatic carbocycles. The first-order chi connectivity index (χ1) is 6.17. The van der Waals surface area contributed by atoms with Gasteiger partial charge in [-0.1, -0.05) is 33.9 Å². The van der Waals surface area contributed by atoms with Gasteiger partial charge in [-0.05, 0) is 23.8 Å². The highest BCUT2D eigenvalue weighted by Gasteiger charge is 2.59. The highest BCUT2D eigenvalue weighted by Crippen LogP contribution is 2.51. The summed E-state index contributed by atoms with van der Waals surface area (Å²) < 4.78 is 0. The van der Waals surface area contributed by atoms with E-state index < -0.39 is 13.3 Å². The van der Waals surface area contributed by atoms with Gasteiger partial charge in [0.15, 0.2) is 0 Å². The first kappa shape index (κ1) is 11.9. The summed E-state index contributed by atoms with van der Waals surface area (Å²) in [6.07, 6.45) is 2.85. The molecule has 14 heavy (non-hydrogen) atoms. The van der Waals surface area contributed by atoms with E-state index in [2.05, 4.69) is 33.9 Å². The summed E-state index contributed by atoms with van der Waals surface area (Å²) >= 11 is 0. The van der Waals surface area contributed by atoms with Gasteiger partial charge in [0.25, 0.3) is 0 Å². The summed E-state index contributed by atoms with van der Waals surface area (Å²) in [5.74, 6) is 0.237. The molecule has 2 nitrogen and oxygen atoms in total. The molecule has 82 valence electrons. The van der Waals surface area contributed by atoms with Crippen LogP contribution >= 0.6 is 0 Å². The van der Waals surface area contributed by atoms with Crippen LogP contribution in [0.3, 0.4) is 0 Å². The Bertz CT molecular complexity index is 238. The minimum Gasteiger partial charge on any atom is -0.386 e.